The summed E-state index contributed by atoms with van der Waals surface area (Å²) in [6, 6.07) is 5.85. The van der Waals surface area contributed by atoms with E-state index in [1.54, 1.807) is 7.11 Å². The van der Waals surface area contributed by atoms with E-state index in [9.17, 15) is 0 Å². The first-order valence-corrected chi connectivity index (χ1v) is 6.20. The lowest BCUT2D eigenvalue weighted by molar-refractivity contribution is 0.0533. The van der Waals surface area contributed by atoms with Gasteiger partial charge in [0.25, 0.3) is 0 Å². The Morgan fingerprint density at radius 1 is 1.41 bits per heavy atom. The molecule has 3 nitrogen and oxygen atoms in total. The van der Waals surface area contributed by atoms with Crippen molar-refractivity contribution in [1.29, 1.82) is 0 Å². The largest absolute Gasteiger partial charge is 0.495 e. The molecule has 0 aliphatic carbocycles. The van der Waals surface area contributed by atoms with Crippen molar-refractivity contribution in [2.24, 2.45) is 5.73 Å². The van der Waals surface area contributed by atoms with E-state index in [1.165, 1.54) is 0 Å². The first-order chi connectivity index (χ1) is 8.13. The maximum absolute atomic E-state index is 6.36. The van der Waals surface area contributed by atoms with Gasteiger partial charge in [-0.15, -0.1) is 0 Å². The van der Waals surface area contributed by atoms with E-state index in [4.69, 9.17) is 26.8 Å². The monoisotopic (exact) mass is 255 g/mol. The number of ether oxygens (including phenoxy) is 2. The van der Waals surface area contributed by atoms with Gasteiger partial charge in [0.2, 0.25) is 0 Å². The minimum atomic E-state index is -0.157. The van der Waals surface area contributed by atoms with Crippen LogP contribution >= 0.6 is 11.6 Å². The number of rotatable bonds is 3. The molecule has 0 aromatic heterocycles. The molecule has 0 radical (unpaired) electrons. The summed E-state index contributed by atoms with van der Waals surface area (Å²) >= 11 is 6.10. The van der Waals surface area contributed by atoms with E-state index in [-0.39, 0.29) is 5.54 Å². The Morgan fingerprint density at radius 2 is 2.12 bits per heavy atom. The van der Waals surface area contributed by atoms with E-state index in [0.717, 1.165) is 38.0 Å². The van der Waals surface area contributed by atoms with E-state index in [0.29, 0.717) is 10.8 Å². The predicted molar refractivity (Wildman–Crippen MR) is 68.7 cm³/mol. The quantitative estimate of drug-likeness (QED) is 0.902. The minimum absolute atomic E-state index is 0.157. The average molecular weight is 256 g/mol. The van der Waals surface area contributed by atoms with Crippen LogP contribution in [-0.2, 0) is 11.2 Å². The normalized spacial score (nSPS) is 19.0. The Morgan fingerprint density at radius 3 is 2.71 bits per heavy atom. The summed E-state index contributed by atoms with van der Waals surface area (Å²) in [5.41, 5.74) is 7.35. The fraction of sp³-hybridized carbons (Fsp3) is 0.538. The number of nitrogens with two attached hydrogens (primary N) is 1. The highest BCUT2D eigenvalue weighted by Crippen LogP contribution is 2.28. The van der Waals surface area contributed by atoms with Crippen LogP contribution in [0.25, 0.3) is 0 Å². The van der Waals surface area contributed by atoms with Crippen molar-refractivity contribution >= 4 is 11.6 Å². The fourth-order valence-electron chi connectivity index (χ4n) is 2.18. The second-order valence-electron chi connectivity index (χ2n) is 4.62. The number of hydrogen-bond donors (Lipinski definition) is 1. The summed E-state index contributed by atoms with van der Waals surface area (Å²) in [4.78, 5) is 0. The van der Waals surface area contributed by atoms with Gasteiger partial charge in [0.1, 0.15) is 5.75 Å². The maximum Gasteiger partial charge on any atom is 0.137 e. The standard InChI is InChI=1S/C13H18ClNO2/c1-16-12-3-2-10(8-11(12)14)9-13(15)4-6-17-7-5-13/h2-3,8H,4-7,9,15H2,1H3. The summed E-state index contributed by atoms with van der Waals surface area (Å²) < 4.78 is 10.5. The molecule has 1 aromatic carbocycles. The minimum Gasteiger partial charge on any atom is -0.495 e. The van der Waals surface area contributed by atoms with E-state index >= 15 is 0 Å². The molecule has 1 aromatic rings. The molecule has 2 N–H and O–H groups in total. The Labute approximate surface area is 107 Å². The first-order valence-electron chi connectivity index (χ1n) is 5.82. The lowest BCUT2D eigenvalue weighted by Crippen LogP contribution is -2.46. The van der Waals surface area contributed by atoms with Crippen LogP contribution in [0, 0.1) is 0 Å². The fourth-order valence-corrected chi connectivity index (χ4v) is 2.46. The zero-order valence-corrected chi connectivity index (χ0v) is 10.8. The Hall–Kier alpha value is -0.770. The first kappa shape index (κ1) is 12.7. The molecule has 1 aliphatic heterocycles. The molecule has 4 heteroatoms. The lowest BCUT2D eigenvalue weighted by Gasteiger charge is -2.33. The summed E-state index contributed by atoms with van der Waals surface area (Å²) in [5.74, 6) is 0.702. The third-order valence-corrected chi connectivity index (χ3v) is 3.56. The van der Waals surface area contributed by atoms with Gasteiger partial charge in [-0.3, -0.25) is 0 Å². The van der Waals surface area contributed by atoms with Gasteiger partial charge in [0.15, 0.2) is 0 Å². The second kappa shape index (κ2) is 5.25. The van der Waals surface area contributed by atoms with Gasteiger partial charge in [0.05, 0.1) is 12.1 Å². The molecule has 17 heavy (non-hydrogen) atoms. The molecule has 1 fully saturated rings. The van der Waals surface area contributed by atoms with Gasteiger partial charge < -0.3 is 15.2 Å². The second-order valence-corrected chi connectivity index (χ2v) is 5.03. The Balaban J connectivity index is 2.10. The lowest BCUT2D eigenvalue weighted by atomic mass is 9.85. The molecular formula is C13H18ClNO2. The molecule has 0 amide bonds. The van der Waals surface area contributed by atoms with Crippen molar-refractivity contribution in [3.05, 3.63) is 28.8 Å². The molecule has 1 heterocycles. The van der Waals surface area contributed by atoms with Crippen molar-refractivity contribution in [3.63, 3.8) is 0 Å². The van der Waals surface area contributed by atoms with Gasteiger partial charge in [-0.25, -0.2) is 0 Å². The van der Waals surface area contributed by atoms with Crippen LogP contribution in [0.3, 0.4) is 0 Å². The SMILES string of the molecule is COc1ccc(CC2(N)CCOCC2)cc1Cl. The number of halogens is 1. The maximum atomic E-state index is 6.36. The molecule has 0 atom stereocenters. The van der Waals surface area contributed by atoms with Crippen LogP contribution in [0.15, 0.2) is 18.2 Å². The molecule has 1 saturated heterocycles. The van der Waals surface area contributed by atoms with Gasteiger partial charge in [-0.1, -0.05) is 17.7 Å². The van der Waals surface area contributed by atoms with Crippen LogP contribution in [0.4, 0.5) is 0 Å². The van der Waals surface area contributed by atoms with E-state index < -0.39 is 0 Å². The number of benzene rings is 1. The highest BCUT2D eigenvalue weighted by atomic mass is 35.5. The summed E-state index contributed by atoms with van der Waals surface area (Å²) in [7, 11) is 1.61. The molecule has 0 spiro atoms. The highest BCUT2D eigenvalue weighted by molar-refractivity contribution is 6.32. The van der Waals surface area contributed by atoms with E-state index in [1.807, 2.05) is 18.2 Å². The van der Waals surface area contributed by atoms with Crippen molar-refractivity contribution in [2.75, 3.05) is 20.3 Å². The number of methoxy groups -OCH3 is 1. The van der Waals surface area contributed by atoms with Gasteiger partial charge in [-0.05, 0) is 37.0 Å². The Kier molecular flexibility index (Phi) is 3.92. The smallest absolute Gasteiger partial charge is 0.137 e. The third kappa shape index (κ3) is 3.12. The summed E-state index contributed by atoms with van der Waals surface area (Å²) in [6.45, 7) is 1.50. The molecule has 94 valence electrons. The van der Waals surface area contributed by atoms with E-state index in [2.05, 4.69) is 0 Å². The zero-order chi connectivity index (χ0) is 12.3. The van der Waals surface area contributed by atoms with Crippen molar-refractivity contribution < 1.29 is 9.47 Å². The summed E-state index contributed by atoms with van der Waals surface area (Å²) in [5, 5.41) is 0.639. The third-order valence-electron chi connectivity index (χ3n) is 3.26. The molecule has 0 bridgehead atoms. The zero-order valence-electron chi connectivity index (χ0n) is 10.0. The number of hydrogen-bond acceptors (Lipinski definition) is 3. The van der Waals surface area contributed by atoms with Crippen LogP contribution in [-0.4, -0.2) is 25.9 Å². The Bertz CT molecular complexity index is 389. The van der Waals surface area contributed by atoms with Crippen molar-refractivity contribution in [2.45, 2.75) is 24.8 Å². The molecule has 0 saturated carbocycles. The summed E-state index contributed by atoms with van der Waals surface area (Å²) in [6.07, 6.45) is 2.63. The molecular weight excluding hydrogens is 238 g/mol. The van der Waals surface area contributed by atoms with Crippen LogP contribution in [0.2, 0.25) is 5.02 Å². The van der Waals surface area contributed by atoms with Crippen LogP contribution in [0.1, 0.15) is 18.4 Å². The van der Waals surface area contributed by atoms with Crippen molar-refractivity contribution in [1.82, 2.24) is 0 Å². The predicted octanol–water partition coefficient (Wildman–Crippen LogP) is 2.40. The van der Waals surface area contributed by atoms with Gasteiger partial charge in [-0.2, -0.15) is 0 Å². The molecule has 2 rings (SSSR count). The highest BCUT2D eigenvalue weighted by Gasteiger charge is 2.28. The molecule has 0 unspecified atom stereocenters. The molecule has 1 aliphatic rings. The van der Waals surface area contributed by atoms with Crippen LogP contribution < -0.4 is 10.5 Å². The topological polar surface area (TPSA) is 44.5 Å². The average Bonchev–Trinajstić information content (AvgIpc) is 2.29. The van der Waals surface area contributed by atoms with Crippen LogP contribution in [0.5, 0.6) is 5.75 Å². The van der Waals surface area contributed by atoms with Crippen molar-refractivity contribution in [3.8, 4) is 5.75 Å². The van der Waals surface area contributed by atoms with Gasteiger partial charge in [0, 0.05) is 18.8 Å². The van der Waals surface area contributed by atoms with Gasteiger partial charge >= 0.3 is 0 Å².